The van der Waals surface area contributed by atoms with Crippen LogP contribution in [0.1, 0.15) is 21.5 Å². The van der Waals surface area contributed by atoms with Crippen LogP contribution in [0, 0.1) is 0 Å². The van der Waals surface area contributed by atoms with E-state index < -0.39 is 0 Å². The summed E-state index contributed by atoms with van der Waals surface area (Å²) < 4.78 is 6.37. The van der Waals surface area contributed by atoms with Crippen molar-refractivity contribution >= 4 is 33.7 Å². The Balaban J connectivity index is 1.54. The van der Waals surface area contributed by atoms with Crippen LogP contribution in [0.3, 0.4) is 0 Å². The van der Waals surface area contributed by atoms with Crippen LogP contribution in [0.4, 0.5) is 5.69 Å². The predicted octanol–water partition coefficient (Wildman–Crippen LogP) is 1.69. The number of morpholine rings is 1. The monoisotopic (exact) mass is 445 g/mol. The molecule has 0 atom stereocenters. The number of ether oxygens (including phenoxy) is 1. The summed E-state index contributed by atoms with van der Waals surface area (Å²) in [7, 11) is 3.98. The Hall–Kier alpha value is -2.22. The molecule has 148 valence electrons. The number of benzene rings is 2. The molecule has 2 aromatic rings. The standard InChI is InChI=1S/C21H25BrN4O2/c1-25(2)20-8-5-17(13-19(20)22)14-23-24-21(27)18-6-3-16(4-7-18)15-26-9-11-28-12-10-26/h3-8,13-14H,9-12,15H2,1-2H3,(H,24,27)/p+1/b23-14-. The first kappa shape index (κ1) is 20.5. The molecule has 0 aliphatic carbocycles. The van der Waals surface area contributed by atoms with E-state index in [9.17, 15) is 4.79 Å². The minimum Gasteiger partial charge on any atom is -0.377 e. The molecule has 7 heteroatoms. The van der Waals surface area contributed by atoms with Gasteiger partial charge in [-0.3, -0.25) is 4.79 Å². The van der Waals surface area contributed by atoms with Crippen molar-refractivity contribution < 1.29 is 14.4 Å². The van der Waals surface area contributed by atoms with Crippen molar-refractivity contribution in [3.63, 3.8) is 0 Å². The minimum atomic E-state index is -0.217. The fourth-order valence-corrected chi connectivity index (χ4v) is 3.85. The Labute approximate surface area is 174 Å². The normalized spacial score (nSPS) is 15.0. The molecule has 0 aromatic heterocycles. The van der Waals surface area contributed by atoms with E-state index >= 15 is 0 Å². The Bertz CT molecular complexity index is 831. The van der Waals surface area contributed by atoms with Gasteiger partial charge in [0.25, 0.3) is 5.91 Å². The number of anilines is 1. The number of nitrogens with one attached hydrogen (secondary N) is 2. The van der Waals surface area contributed by atoms with Crippen LogP contribution < -0.4 is 15.2 Å². The molecule has 0 bridgehead atoms. The Kier molecular flexibility index (Phi) is 7.19. The van der Waals surface area contributed by atoms with Crippen LogP contribution in [-0.4, -0.2) is 52.5 Å². The average Bonchev–Trinajstić information content (AvgIpc) is 2.69. The van der Waals surface area contributed by atoms with Crippen molar-refractivity contribution in [3.05, 3.63) is 63.6 Å². The number of carbonyl (C=O) groups excluding carboxylic acids is 1. The second-order valence-electron chi connectivity index (χ2n) is 7.04. The number of amides is 1. The number of rotatable bonds is 6. The molecule has 6 nitrogen and oxygen atoms in total. The highest BCUT2D eigenvalue weighted by Gasteiger charge is 2.14. The molecule has 28 heavy (non-hydrogen) atoms. The molecule has 3 rings (SSSR count). The van der Waals surface area contributed by atoms with Crippen LogP contribution in [0.15, 0.2) is 52.0 Å². The van der Waals surface area contributed by atoms with Crippen molar-refractivity contribution in [2.75, 3.05) is 45.3 Å². The zero-order valence-corrected chi connectivity index (χ0v) is 17.8. The Morgan fingerprint density at radius 2 is 1.93 bits per heavy atom. The van der Waals surface area contributed by atoms with Gasteiger partial charge in [-0.2, -0.15) is 5.10 Å². The third kappa shape index (κ3) is 5.64. The van der Waals surface area contributed by atoms with E-state index in [1.165, 1.54) is 10.5 Å². The van der Waals surface area contributed by atoms with Crippen LogP contribution >= 0.6 is 15.9 Å². The molecule has 0 unspecified atom stereocenters. The lowest BCUT2D eigenvalue weighted by Crippen LogP contribution is -3.12. The van der Waals surface area contributed by atoms with E-state index in [0.29, 0.717) is 5.56 Å². The summed E-state index contributed by atoms with van der Waals surface area (Å²) in [5.41, 5.74) is 6.40. The fourth-order valence-electron chi connectivity index (χ4n) is 3.10. The number of hydrogen-bond donors (Lipinski definition) is 2. The smallest absolute Gasteiger partial charge is 0.271 e. The fraction of sp³-hybridized carbons (Fsp3) is 0.333. The third-order valence-electron chi connectivity index (χ3n) is 4.70. The van der Waals surface area contributed by atoms with Crippen LogP contribution in [0.2, 0.25) is 0 Å². The number of hydrazone groups is 1. The molecule has 1 amide bonds. The van der Waals surface area contributed by atoms with Gasteiger partial charge in [-0.05, 0) is 45.8 Å². The number of nitrogens with zero attached hydrogens (tertiary/aromatic N) is 2. The SMILES string of the molecule is CN(C)c1ccc(/C=N\NC(=O)c2ccc(C[NH+]3CCOCC3)cc2)cc1Br. The van der Waals surface area contributed by atoms with Gasteiger partial charge in [0.1, 0.15) is 19.6 Å². The molecule has 1 aliphatic rings. The lowest BCUT2D eigenvalue weighted by atomic mass is 10.1. The first-order valence-corrected chi connectivity index (χ1v) is 10.1. The van der Waals surface area contributed by atoms with E-state index in [2.05, 4.69) is 26.5 Å². The van der Waals surface area contributed by atoms with Gasteiger partial charge in [0, 0.05) is 29.7 Å². The molecule has 2 N–H and O–H groups in total. The molecular weight excluding hydrogens is 420 g/mol. The average molecular weight is 446 g/mol. The molecule has 1 aliphatic heterocycles. The van der Waals surface area contributed by atoms with Gasteiger partial charge < -0.3 is 14.5 Å². The topological polar surface area (TPSA) is 58.4 Å². The molecule has 0 radical (unpaired) electrons. The number of halogens is 1. The van der Waals surface area contributed by atoms with Crippen molar-refractivity contribution in [1.82, 2.24) is 5.43 Å². The highest BCUT2D eigenvalue weighted by Crippen LogP contribution is 2.25. The zero-order chi connectivity index (χ0) is 19.9. The lowest BCUT2D eigenvalue weighted by Gasteiger charge is -2.23. The summed E-state index contributed by atoms with van der Waals surface area (Å²) >= 11 is 3.55. The Morgan fingerprint density at radius 3 is 2.57 bits per heavy atom. The second-order valence-corrected chi connectivity index (χ2v) is 7.89. The maximum absolute atomic E-state index is 12.3. The molecule has 1 heterocycles. The summed E-state index contributed by atoms with van der Waals surface area (Å²) in [5, 5.41) is 4.07. The summed E-state index contributed by atoms with van der Waals surface area (Å²) in [4.78, 5) is 15.8. The van der Waals surface area contributed by atoms with Gasteiger partial charge >= 0.3 is 0 Å². The second kappa shape index (κ2) is 9.82. The van der Waals surface area contributed by atoms with Crippen LogP contribution in [0.5, 0.6) is 0 Å². The van der Waals surface area contributed by atoms with E-state index in [-0.39, 0.29) is 5.91 Å². The number of carbonyl (C=O) groups is 1. The van der Waals surface area contributed by atoms with E-state index in [4.69, 9.17) is 4.74 Å². The molecule has 0 saturated carbocycles. The van der Waals surface area contributed by atoms with Gasteiger partial charge in [-0.1, -0.05) is 18.2 Å². The lowest BCUT2D eigenvalue weighted by molar-refractivity contribution is -0.921. The summed E-state index contributed by atoms with van der Waals surface area (Å²) in [6.07, 6.45) is 1.64. The summed E-state index contributed by atoms with van der Waals surface area (Å²) in [6.45, 7) is 4.66. The maximum Gasteiger partial charge on any atom is 0.271 e. The van der Waals surface area contributed by atoms with E-state index in [1.807, 2.05) is 61.5 Å². The highest BCUT2D eigenvalue weighted by atomic mass is 79.9. The molecule has 1 saturated heterocycles. The highest BCUT2D eigenvalue weighted by molar-refractivity contribution is 9.10. The summed E-state index contributed by atoms with van der Waals surface area (Å²) in [6, 6.07) is 13.6. The van der Waals surface area contributed by atoms with Crippen molar-refractivity contribution in [3.8, 4) is 0 Å². The first-order valence-electron chi connectivity index (χ1n) is 9.33. The van der Waals surface area contributed by atoms with Crippen molar-refractivity contribution in [2.24, 2.45) is 5.10 Å². The molecule has 2 aromatic carbocycles. The molecule has 1 fully saturated rings. The Morgan fingerprint density at radius 1 is 1.21 bits per heavy atom. The van der Waals surface area contributed by atoms with Gasteiger partial charge in [-0.15, -0.1) is 0 Å². The quantitative estimate of drug-likeness (QED) is 0.525. The van der Waals surface area contributed by atoms with Crippen LogP contribution in [0.25, 0.3) is 0 Å². The largest absolute Gasteiger partial charge is 0.377 e. The first-order chi connectivity index (χ1) is 13.5. The van der Waals surface area contributed by atoms with Crippen LogP contribution in [-0.2, 0) is 11.3 Å². The van der Waals surface area contributed by atoms with E-state index in [0.717, 1.165) is 48.6 Å². The predicted molar refractivity (Wildman–Crippen MR) is 115 cm³/mol. The van der Waals surface area contributed by atoms with E-state index in [1.54, 1.807) is 6.21 Å². The van der Waals surface area contributed by atoms with Gasteiger partial charge in [-0.25, -0.2) is 5.43 Å². The minimum absolute atomic E-state index is 0.217. The van der Waals surface area contributed by atoms with Crippen molar-refractivity contribution in [1.29, 1.82) is 0 Å². The molecular formula is C21H26BrN4O2+. The van der Waals surface area contributed by atoms with Gasteiger partial charge in [0.15, 0.2) is 0 Å². The van der Waals surface area contributed by atoms with Crippen molar-refractivity contribution in [2.45, 2.75) is 6.54 Å². The third-order valence-corrected chi connectivity index (χ3v) is 5.34. The number of hydrogen-bond acceptors (Lipinski definition) is 4. The maximum atomic E-state index is 12.3. The zero-order valence-electron chi connectivity index (χ0n) is 16.2. The van der Waals surface area contributed by atoms with Gasteiger partial charge in [0.05, 0.1) is 25.1 Å². The summed E-state index contributed by atoms with van der Waals surface area (Å²) in [5.74, 6) is -0.217. The van der Waals surface area contributed by atoms with Gasteiger partial charge in [0.2, 0.25) is 0 Å². The number of quaternary nitrogens is 1. The molecule has 0 spiro atoms.